The Morgan fingerprint density at radius 1 is 1.03 bits per heavy atom. The van der Waals surface area contributed by atoms with Crippen molar-refractivity contribution in [3.8, 4) is 23.1 Å². The van der Waals surface area contributed by atoms with Gasteiger partial charge in [0.15, 0.2) is 5.82 Å². The van der Waals surface area contributed by atoms with E-state index >= 15 is 0 Å². The van der Waals surface area contributed by atoms with Crippen LogP contribution in [0.5, 0.6) is 6.01 Å². The van der Waals surface area contributed by atoms with Crippen LogP contribution in [0.15, 0.2) is 72.8 Å². The molecule has 6 nitrogen and oxygen atoms in total. The molecule has 33 heavy (non-hydrogen) atoms. The summed E-state index contributed by atoms with van der Waals surface area (Å²) in [5.41, 5.74) is 3.28. The SMILES string of the molecule is Cc1ccc(C(=O)Nc2ccc(-n3nc(OCC(C)C)nc3-c3ccccc3F)cc2)cc1. The van der Waals surface area contributed by atoms with Crippen molar-refractivity contribution in [2.45, 2.75) is 20.8 Å². The van der Waals surface area contributed by atoms with E-state index in [0.717, 1.165) is 5.56 Å². The lowest BCUT2D eigenvalue weighted by atomic mass is 10.1. The van der Waals surface area contributed by atoms with Crippen LogP contribution in [0, 0.1) is 18.7 Å². The predicted molar refractivity (Wildman–Crippen MR) is 126 cm³/mol. The van der Waals surface area contributed by atoms with E-state index in [4.69, 9.17) is 4.74 Å². The molecular weight excluding hydrogens is 419 g/mol. The van der Waals surface area contributed by atoms with Crippen LogP contribution in [-0.2, 0) is 0 Å². The first kappa shape index (κ1) is 22.2. The van der Waals surface area contributed by atoms with Crippen LogP contribution in [0.2, 0.25) is 0 Å². The van der Waals surface area contributed by atoms with Gasteiger partial charge in [-0.15, -0.1) is 5.10 Å². The number of rotatable bonds is 7. The molecule has 3 aromatic carbocycles. The second kappa shape index (κ2) is 9.65. The lowest BCUT2D eigenvalue weighted by molar-refractivity contribution is 0.102. The molecule has 168 valence electrons. The van der Waals surface area contributed by atoms with E-state index < -0.39 is 5.82 Å². The van der Waals surface area contributed by atoms with E-state index in [1.54, 1.807) is 59.3 Å². The Bertz CT molecular complexity index is 1250. The normalized spacial score (nSPS) is 10.9. The summed E-state index contributed by atoms with van der Waals surface area (Å²) >= 11 is 0. The molecule has 1 N–H and O–H groups in total. The molecule has 0 atom stereocenters. The van der Waals surface area contributed by atoms with Gasteiger partial charge in [0.2, 0.25) is 0 Å². The maximum absolute atomic E-state index is 14.5. The van der Waals surface area contributed by atoms with Crippen LogP contribution < -0.4 is 10.1 Å². The molecule has 4 rings (SSSR count). The molecule has 4 aromatic rings. The number of hydrogen-bond acceptors (Lipinski definition) is 4. The second-order valence-electron chi connectivity index (χ2n) is 8.18. The highest BCUT2D eigenvalue weighted by Gasteiger charge is 2.18. The zero-order valence-electron chi connectivity index (χ0n) is 18.7. The largest absolute Gasteiger partial charge is 0.462 e. The fourth-order valence-electron chi connectivity index (χ4n) is 3.19. The number of benzene rings is 3. The Morgan fingerprint density at radius 3 is 2.39 bits per heavy atom. The molecular formula is C26H25FN4O2. The molecule has 0 aliphatic heterocycles. The number of carbonyl (C=O) groups is 1. The molecule has 0 radical (unpaired) electrons. The van der Waals surface area contributed by atoms with Crippen molar-refractivity contribution in [3.63, 3.8) is 0 Å². The van der Waals surface area contributed by atoms with Crippen molar-refractivity contribution in [3.05, 3.63) is 89.7 Å². The molecule has 0 saturated carbocycles. The standard InChI is InChI=1S/C26H25FN4O2/c1-17(2)16-33-26-29-24(22-6-4-5-7-23(22)27)31(30-26)21-14-12-20(13-15-21)28-25(32)19-10-8-18(3)9-11-19/h4-15,17H,16H2,1-3H3,(H,28,32). The predicted octanol–water partition coefficient (Wildman–Crippen LogP) is 5.67. The van der Waals surface area contributed by atoms with Crippen molar-refractivity contribution < 1.29 is 13.9 Å². The summed E-state index contributed by atoms with van der Waals surface area (Å²) < 4.78 is 21.7. The minimum absolute atomic E-state index is 0.179. The first-order chi connectivity index (χ1) is 15.9. The van der Waals surface area contributed by atoms with E-state index in [-0.39, 0.29) is 11.9 Å². The Labute approximate surface area is 192 Å². The molecule has 0 aliphatic carbocycles. The molecule has 1 aromatic heterocycles. The zero-order valence-corrected chi connectivity index (χ0v) is 18.7. The minimum Gasteiger partial charge on any atom is -0.462 e. The zero-order chi connectivity index (χ0) is 23.4. The van der Waals surface area contributed by atoms with Crippen LogP contribution >= 0.6 is 0 Å². The molecule has 1 amide bonds. The average molecular weight is 445 g/mol. The maximum atomic E-state index is 14.5. The minimum atomic E-state index is -0.399. The quantitative estimate of drug-likeness (QED) is 0.399. The van der Waals surface area contributed by atoms with E-state index in [1.807, 2.05) is 32.9 Å². The maximum Gasteiger partial charge on any atom is 0.336 e. The summed E-state index contributed by atoms with van der Waals surface area (Å²) in [6.07, 6.45) is 0. The highest BCUT2D eigenvalue weighted by atomic mass is 19.1. The summed E-state index contributed by atoms with van der Waals surface area (Å²) in [5.74, 6) is 0.0389. The van der Waals surface area contributed by atoms with E-state index in [9.17, 15) is 9.18 Å². The van der Waals surface area contributed by atoms with Crippen LogP contribution in [0.25, 0.3) is 17.1 Å². The fraction of sp³-hybridized carbons (Fsp3) is 0.192. The van der Waals surface area contributed by atoms with Crippen molar-refractivity contribution in [1.29, 1.82) is 0 Å². The van der Waals surface area contributed by atoms with E-state index in [0.29, 0.717) is 40.9 Å². The van der Waals surface area contributed by atoms with Crippen LogP contribution in [0.1, 0.15) is 29.8 Å². The first-order valence-electron chi connectivity index (χ1n) is 10.7. The van der Waals surface area contributed by atoms with Crippen LogP contribution in [0.4, 0.5) is 10.1 Å². The topological polar surface area (TPSA) is 69.0 Å². The lowest BCUT2D eigenvalue weighted by Gasteiger charge is -2.09. The molecule has 0 saturated heterocycles. The van der Waals surface area contributed by atoms with Crippen molar-refractivity contribution >= 4 is 11.6 Å². The number of aryl methyl sites for hydroxylation is 1. The monoisotopic (exact) mass is 444 g/mol. The third kappa shape index (κ3) is 5.26. The van der Waals surface area contributed by atoms with Gasteiger partial charge in [-0.2, -0.15) is 4.98 Å². The molecule has 7 heteroatoms. The molecule has 0 bridgehead atoms. The van der Waals surface area contributed by atoms with Crippen molar-refractivity contribution in [2.75, 3.05) is 11.9 Å². The number of nitrogens with zero attached hydrogens (tertiary/aromatic N) is 3. The smallest absolute Gasteiger partial charge is 0.336 e. The highest BCUT2D eigenvalue weighted by molar-refractivity contribution is 6.04. The molecule has 0 spiro atoms. The number of aromatic nitrogens is 3. The Kier molecular flexibility index (Phi) is 6.49. The van der Waals surface area contributed by atoms with Gasteiger partial charge in [-0.05, 0) is 61.4 Å². The summed E-state index contributed by atoms with van der Waals surface area (Å²) in [4.78, 5) is 16.9. The molecule has 1 heterocycles. The highest BCUT2D eigenvalue weighted by Crippen LogP contribution is 2.26. The number of halogens is 1. The van der Waals surface area contributed by atoms with Gasteiger partial charge in [0.1, 0.15) is 5.82 Å². The summed E-state index contributed by atoms with van der Waals surface area (Å²) in [7, 11) is 0. The molecule has 0 aliphatic rings. The fourth-order valence-corrected chi connectivity index (χ4v) is 3.19. The van der Waals surface area contributed by atoms with Gasteiger partial charge >= 0.3 is 6.01 Å². The summed E-state index contributed by atoms with van der Waals surface area (Å²) in [6.45, 7) is 6.47. The Hall–Kier alpha value is -4.00. The number of carbonyl (C=O) groups excluding carboxylic acids is 1. The number of nitrogens with one attached hydrogen (secondary N) is 1. The number of hydrogen-bond donors (Lipinski definition) is 1. The summed E-state index contributed by atoms with van der Waals surface area (Å²) in [6, 6.07) is 21.1. The third-order valence-corrected chi connectivity index (χ3v) is 4.93. The van der Waals surface area contributed by atoms with Gasteiger partial charge in [-0.1, -0.05) is 43.7 Å². The van der Waals surface area contributed by atoms with Gasteiger partial charge in [-0.25, -0.2) is 9.07 Å². The Morgan fingerprint density at radius 2 is 1.73 bits per heavy atom. The van der Waals surface area contributed by atoms with Crippen molar-refractivity contribution in [2.24, 2.45) is 5.92 Å². The first-order valence-corrected chi connectivity index (χ1v) is 10.7. The van der Waals surface area contributed by atoms with Gasteiger partial charge in [0, 0.05) is 11.3 Å². The van der Waals surface area contributed by atoms with Gasteiger partial charge in [-0.3, -0.25) is 4.79 Å². The van der Waals surface area contributed by atoms with E-state index in [1.165, 1.54) is 6.07 Å². The van der Waals surface area contributed by atoms with Gasteiger partial charge in [0.05, 0.1) is 17.9 Å². The van der Waals surface area contributed by atoms with Crippen LogP contribution in [0.3, 0.4) is 0 Å². The number of anilines is 1. The Balaban J connectivity index is 1.61. The second-order valence-corrected chi connectivity index (χ2v) is 8.18. The molecule has 0 unspecified atom stereocenters. The average Bonchev–Trinajstić information content (AvgIpc) is 3.23. The number of amides is 1. The number of ether oxygens (including phenoxy) is 1. The third-order valence-electron chi connectivity index (χ3n) is 4.93. The lowest BCUT2D eigenvalue weighted by Crippen LogP contribution is -2.11. The van der Waals surface area contributed by atoms with Gasteiger partial charge in [0.25, 0.3) is 5.91 Å². The van der Waals surface area contributed by atoms with Crippen LogP contribution in [-0.4, -0.2) is 27.3 Å². The van der Waals surface area contributed by atoms with E-state index in [2.05, 4.69) is 15.4 Å². The summed E-state index contributed by atoms with van der Waals surface area (Å²) in [5, 5.41) is 7.33. The van der Waals surface area contributed by atoms with Gasteiger partial charge < -0.3 is 10.1 Å². The van der Waals surface area contributed by atoms with Crippen molar-refractivity contribution in [1.82, 2.24) is 14.8 Å². The molecule has 0 fully saturated rings.